The fourth-order valence-electron chi connectivity index (χ4n) is 3.93. The van der Waals surface area contributed by atoms with E-state index in [1.54, 1.807) is 0 Å². The molecule has 1 aliphatic heterocycles. The molecule has 1 aromatic rings. The van der Waals surface area contributed by atoms with Gasteiger partial charge in [0.15, 0.2) is 0 Å². The maximum atomic E-state index is 6.24. The highest BCUT2D eigenvalue weighted by Crippen LogP contribution is 2.47. The van der Waals surface area contributed by atoms with Gasteiger partial charge in [0.2, 0.25) is 0 Å². The van der Waals surface area contributed by atoms with Crippen LogP contribution >= 0.6 is 11.6 Å². The minimum absolute atomic E-state index is 0.212. The number of hydrogen-bond donors (Lipinski definition) is 1. The third-order valence-corrected chi connectivity index (χ3v) is 4.48. The molecule has 0 fully saturated rings. The normalized spacial score (nSPS) is 26.0. The van der Waals surface area contributed by atoms with Crippen LogP contribution in [0.25, 0.3) is 0 Å². The number of anilines is 1. The molecule has 0 spiro atoms. The molecule has 0 radical (unpaired) electrons. The van der Waals surface area contributed by atoms with E-state index < -0.39 is 0 Å². The fraction of sp³-hybridized carbons (Fsp3) is 0.667. The maximum Gasteiger partial charge on any atom is 0.0410 e. The Hall–Kier alpha value is -0.690. The van der Waals surface area contributed by atoms with E-state index in [-0.39, 0.29) is 5.41 Å². The molecule has 0 bridgehead atoms. The molecular formula is C18H28ClN. The Balaban J connectivity index is 2.41. The zero-order chi connectivity index (χ0) is 15.0. The average molecular weight is 294 g/mol. The van der Waals surface area contributed by atoms with E-state index in [1.807, 2.05) is 6.07 Å². The van der Waals surface area contributed by atoms with Crippen LogP contribution in [-0.2, 0) is 5.41 Å². The van der Waals surface area contributed by atoms with Crippen molar-refractivity contribution in [3.63, 3.8) is 0 Å². The van der Waals surface area contributed by atoms with Crippen LogP contribution in [0.5, 0.6) is 0 Å². The number of hydrogen-bond acceptors (Lipinski definition) is 1. The lowest BCUT2D eigenvalue weighted by Gasteiger charge is -2.44. The zero-order valence-corrected chi connectivity index (χ0v) is 14.3. The summed E-state index contributed by atoms with van der Waals surface area (Å²) in [7, 11) is 0. The number of benzene rings is 1. The molecule has 0 saturated carbocycles. The summed E-state index contributed by atoms with van der Waals surface area (Å²) in [6.07, 6.45) is 4.86. The third kappa shape index (κ3) is 3.49. The summed E-state index contributed by atoms with van der Waals surface area (Å²) in [5.41, 5.74) is 3.21. The second-order valence-corrected chi connectivity index (χ2v) is 8.26. The van der Waals surface area contributed by atoms with Gasteiger partial charge in [-0.05, 0) is 53.9 Å². The average Bonchev–Trinajstić information content (AvgIpc) is 2.28. The lowest BCUT2D eigenvalue weighted by molar-refractivity contribution is 0.239. The van der Waals surface area contributed by atoms with Gasteiger partial charge < -0.3 is 5.32 Å². The van der Waals surface area contributed by atoms with Crippen LogP contribution in [0.2, 0.25) is 5.02 Å². The topological polar surface area (TPSA) is 12.0 Å². The second-order valence-electron chi connectivity index (χ2n) is 7.82. The molecule has 0 unspecified atom stereocenters. The Kier molecular flexibility index (Phi) is 4.39. The van der Waals surface area contributed by atoms with Gasteiger partial charge in [0.25, 0.3) is 0 Å². The molecule has 20 heavy (non-hydrogen) atoms. The van der Waals surface area contributed by atoms with E-state index >= 15 is 0 Å². The highest BCUT2D eigenvalue weighted by atomic mass is 35.5. The van der Waals surface area contributed by atoms with Crippen molar-refractivity contribution in [3.8, 4) is 0 Å². The lowest BCUT2D eigenvalue weighted by atomic mass is 9.65. The summed E-state index contributed by atoms with van der Waals surface area (Å²) in [6.45, 7) is 11.7. The standard InChI is InChI=1S/C18H28ClN/c1-6-7-14-11-18(5,12-17(2,3)4)15-10-13(19)8-9-16(15)20-14/h8-10,14,20H,6-7,11-12H2,1-5H3/t14-,18+/m0/s1. The molecule has 0 aliphatic carbocycles. The van der Waals surface area contributed by atoms with Crippen molar-refractivity contribution in [2.45, 2.75) is 71.8 Å². The molecule has 0 saturated heterocycles. The van der Waals surface area contributed by atoms with Crippen molar-refractivity contribution in [1.29, 1.82) is 0 Å². The lowest BCUT2D eigenvalue weighted by Crippen LogP contribution is -2.40. The Morgan fingerprint density at radius 1 is 1.35 bits per heavy atom. The van der Waals surface area contributed by atoms with Gasteiger partial charge in [0, 0.05) is 16.8 Å². The minimum Gasteiger partial charge on any atom is -0.382 e. The summed E-state index contributed by atoms with van der Waals surface area (Å²) < 4.78 is 0. The van der Waals surface area contributed by atoms with Crippen molar-refractivity contribution in [2.24, 2.45) is 5.41 Å². The van der Waals surface area contributed by atoms with Gasteiger partial charge in [0.05, 0.1) is 0 Å². The van der Waals surface area contributed by atoms with Crippen LogP contribution in [0.3, 0.4) is 0 Å². The van der Waals surface area contributed by atoms with Gasteiger partial charge >= 0.3 is 0 Å². The fourth-order valence-corrected chi connectivity index (χ4v) is 4.10. The SMILES string of the molecule is CCC[C@H]1C[C@](C)(CC(C)(C)C)c2cc(Cl)ccc2N1. The molecule has 2 rings (SSSR count). The van der Waals surface area contributed by atoms with Gasteiger partial charge in [-0.2, -0.15) is 0 Å². The molecule has 0 amide bonds. The first-order valence-corrected chi connectivity index (χ1v) is 8.18. The molecule has 2 heteroatoms. The Morgan fingerprint density at radius 3 is 2.65 bits per heavy atom. The van der Waals surface area contributed by atoms with Crippen LogP contribution in [0.15, 0.2) is 18.2 Å². The highest BCUT2D eigenvalue weighted by molar-refractivity contribution is 6.30. The summed E-state index contributed by atoms with van der Waals surface area (Å²) in [5, 5.41) is 4.55. The van der Waals surface area contributed by atoms with E-state index in [2.05, 4.69) is 52.1 Å². The van der Waals surface area contributed by atoms with E-state index in [1.165, 1.54) is 36.9 Å². The van der Waals surface area contributed by atoms with Gasteiger partial charge in [-0.3, -0.25) is 0 Å². The maximum absolute atomic E-state index is 6.24. The quantitative estimate of drug-likeness (QED) is 0.718. The van der Waals surface area contributed by atoms with E-state index in [9.17, 15) is 0 Å². The number of nitrogens with one attached hydrogen (secondary N) is 1. The monoisotopic (exact) mass is 293 g/mol. The molecule has 2 atom stereocenters. The summed E-state index contributed by atoms with van der Waals surface area (Å²) in [4.78, 5) is 0. The van der Waals surface area contributed by atoms with Crippen molar-refractivity contribution >= 4 is 17.3 Å². The van der Waals surface area contributed by atoms with Crippen molar-refractivity contribution in [2.75, 3.05) is 5.32 Å². The largest absolute Gasteiger partial charge is 0.382 e. The Morgan fingerprint density at radius 2 is 2.05 bits per heavy atom. The zero-order valence-electron chi connectivity index (χ0n) is 13.5. The Bertz CT molecular complexity index is 475. The van der Waals surface area contributed by atoms with Crippen molar-refractivity contribution in [3.05, 3.63) is 28.8 Å². The van der Waals surface area contributed by atoms with Crippen LogP contribution in [0.1, 0.15) is 65.9 Å². The van der Waals surface area contributed by atoms with Crippen LogP contribution in [0, 0.1) is 5.41 Å². The molecule has 1 aliphatic rings. The van der Waals surface area contributed by atoms with E-state index in [0.29, 0.717) is 11.5 Å². The third-order valence-electron chi connectivity index (χ3n) is 4.25. The second kappa shape index (κ2) is 5.60. The highest BCUT2D eigenvalue weighted by Gasteiger charge is 2.38. The van der Waals surface area contributed by atoms with Gasteiger partial charge in [0.1, 0.15) is 0 Å². The van der Waals surface area contributed by atoms with Crippen LogP contribution in [-0.4, -0.2) is 6.04 Å². The van der Waals surface area contributed by atoms with Crippen molar-refractivity contribution < 1.29 is 0 Å². The number of halogens is 1. The molecule has 112 valence electrons. The summed E-state index contributed by atoms with van der Waals surface area (Å²) >= 11 is 6.24. The number of rotatable bonds is 3. The molecule has 1 heterocycles. The van der Waals surface area contributed by atoms with Crippen LogP contribution < -0.4 is 5.32 Å². The predicted molar refractivity (Wildman–Crippen MR) is 89.8 cm³/mol. The van der Waals surface area contributed by atoms with Crippen molar-refractivity contribution in [1.82, 2.24) is 0 Å². The molecule has 1 aromatic carbocycles. The van der Waals surface area contributed by atoms with Gasteiger partial charge in [-0.15, -0.1) is 0 Å². The minimum atomic E-state index is 0.212. The molecular weight excluding hydrogens is 266 g/mol. The molecule has 1 nitrogen and oxygen atoms in total. The van der Waals surface area contributed by atoms with Gasteiger partial charge in [-0.1, -0.05) is 52.6 Å². The molecule has 0 aromatic heterocycles. The smallest absolute Gasteiger partial charge is 0.0410 e. The summed E-state index contributed by atoms with van der Waals surface area (Å²) in [6, 6.07) is 6.90. The summed E-state index contributed by atoms with van der Waals surface area (Å²) in [5.74, 6) is 0. The Labute approximate surface area is 129 Å². The van der Waals surface area contributed by atoms with E-state index in [4.69, 9.17) is 11.6 Å². The molecule has 1 N–H and O–H groups in total. The first kappa shape index (κ1) is 15.7. The van der Waals surface area contributed by atoms with Gasteiger partial charge in [-0.25, -0.2) is 0 Å². The van der Waals surface area contributed by atoms with Crippen LogP contribution in [0.4, 0.5) is 5.69 Å². The number of fused-ring (bicyclic) bond motifs is 1. The van der Waals surface area contributed by atoms with E-state index in [0.717, 1.165) is 5.02 Å². The predicted octanol–water partition coefficient (Wildman–Crippen LogP) is 6.02. The first-order chi connectivity index (χ1) is 9.23. The first-order valence-electron chi connectivity index (χ1n) is 7.80.